The van der Waals surface area contributed by atoms with Crippen LogP contribution in [0.25, 0.3) is 0 Å². The summed E-state index contributed by atoms with van der Waals surface area (Å²) in [6.45, 7) is 9.84. The van der Waals surface area contributed by atoms with Crippen LogP contribution >= 0.6 is 0 Å². The standard InChI is InChI=1S/C16H23N3O4.C3H5NO2/c1-16(2,3)23-13(20)5-4-10-22-15(21)19-14(18)11-6-8-12(17)9-7-11;1-3(2)4(5)6/h6-9H,4-5,10,17H2,1-3H3,(H2,18,19,21);1H2,2H3. The van der Waals surface area contributed by atoms with Gasteiger partial charge in [0.2, 0.25) is 5.70 Å². The predicted octanol–water partition coefficient (Wildman–Crippen LogP) is 3.24. The summed E-state index contributed by atoms with van der Waals surface area (Å²) < 4.78 is 10.1. The van der Waals surface area contributed by atoms with E-state index in [2.05, 4.69) is 11.9 Å². The van der Waals surface area contributed by atoms with Crippen molar-refractivity contribution in [2.75, 3.05) is 12.3 Å². The summed E-state index contributed by atoms with van der Waals surface area (Å²) in [5.41, 5.74) is 6.10. The van der Waals surface area contributed by atoms with Gasteiger partial charge in [0.15, 0.2) is 0 Å². The summed E-state index contributed by atoms with van der Waals surface area (Å²) in [5, 5.41) is 19.5. The van der Waals surface area contributed by atoms with Gasteiger partial charge in [0.05, 0.1) is 11.5 Å². The highest BCUT2D eigenvalue weighted by molar-refractivity contribution is 6.04. The number of nitrogens with zero attached hydrogens (tertiary/aromatic N) is 1. The van der Waals surface area contributed by atoms with Crippen LogP contribution in [0.4, 0.5) is 10.5 Å². The van der Waals surface area contributed by atoms with E-state index in [1.165, 1.54) is 6.92 Å². The van der Waals surface area contributed by atoms with Gasteiger partial charge < -0.3 is 15.2 Å². The van der Waals surface area contributed by atoms with Gasteiger partial charge in [-0.2, -0.15) is 0 Å². The second-order valence-corrected chi connectivity index (χ2v) is 6.94. The van der Waals surface area contributed by atoms with E-state index in [9.17, 15) is 19.7 Å². The zero-order valence-electron chi connectivity index (χ0n) is 17.1. The number of hydrogen-bond donors (Lipinski definition) is 3. The maximum absolute atomic E-state index is 11.6. The number of esters is 1. The zero-order chi connectivity index (χ0) is 22.6. The Labute approximate surface area is 169 Å². The van der Waals surface area contributed by atoms with Crippen LogP contribution in [0.5, 0.6) is 0 Å². The van der Waals surface area contributed by atoms with E-state index in [0.29, 0.717) is 17.7 Å². The van der Waals surface area contributed by atoms with E-state index in [4.69, 9.17) is 20.6 Å². The maximum atomic E-state index is 11.6. The Morgan fingerprint density at radius 2 is 1.79 bits per heavy atom. The molecule has 0 saturated heterocycles. The van der Waals surface area contributed by atoms with E-state index in [1.807, 2.05) is 0 Å². The maximum Gasteiger partial charge on any atom is 0.412 e. The highest BCUT2D eigenvalue weighted by Crippen LogP contribution is 2.09. The van der Waals surface area contributed by atoms with Crippen LogP contribution in [0.1, 0.15) is 46.1 Å². The third-order valence-electron chi connectivity index (χ3n) is 2.92. The molecule has 0 aliphatic rings. The zero-order valence-corrected chi connectivity index (χ0v) is 17.1. The molecule has 1 amide bonds. The van der Waals surface area contributed by atoms with Crippen molar-refractivity contribution in [1.29, 1.82) is 5.41 Å². The van der Waals surface area contributed by atoms with Crippen LogP contribution < -0.4 is 11.1 Å². The van der Waals surface area contributed by atoms with Gasteiger partial charge in [-0.05, 0) is 58.0 Å². The van der Waals surface area contributed by atoms with E-state index in [-0.39, 0.29) is 30.5 Å². The molecule has 0 fully saturated rings. The van der Waals surface area contributed by atoms with Crippen LogP contribution in [-0.4, -0.2) is 35.0 Å². The number of carbonyl (C=O) groups excluding carboxylic acids is 2. The van der Waals surface area contributed by atoms with Crippen LogP contribution in [-0.2, 0) is 14.3 Å². The number of ether oxygens (including phenoxy) is 2. The number of carbonyl (C=O) groups is 2. The molecule has 0 radical (unpaired) electrons. The molecule has 10 heteroatoms. The highest BCUT2D eigenvalue weighted by atomic mass is 16.6. The fourth-order valence-corrected chi connectivity index (χ4v) is 1.63. The molecule has 0 spiro atoms. The first kappa shape index (κ1) is 25.6. The number of anilines is 1. The van der Waals surface area contributed by atoms with Gasteiger partial charge in [-0.15, -0.1) is 0 Å². The topological polar surface area (TPSA) is 158 Å². The minimum atomic E-state index is -0.740. The first-order valence-electron chi connectivity index (χ1n) is 8.72. The van der Waals surface area contributed by atoms with Crippen LogP contribution in [0.15, 0.2) is 36.5 Å². The lowest BCUT2D eigenvalue weighted by molar-refractivity contribution is -0.423. The van der Waals surface area contributed by atoms with Crippen molar-refractivity contribution < 1.29 is 24.0 Å². The number of nitrogens with one attached hydrogen (secondary N) is 2. The number of allylic oxidation sites excluding steroid dienone is 1. The lowest BCUT2D eigenvalue weighted by Gasteiger charge is -2.19. The number of amidine groups is 1. The second-order valence-electron chi connectivity index (χ2n) is 6.94. The van der Waals surface area contributed by atoms with Gasteiger partial charge in [-0.1, -0.05) is 0 Å². The molecular formula is C19H28N4O6. The first-order chi connectivity index (χ1) is 13.3. The Bertz CT molecular complexity index is 726. The molecule has 0 bridgehead atoms. The molecule has 0 heterocycles. The number of alkyl carbamates (subject to hydrolysis) is 1. The quantitative estimate of drug-likeness (QED) is 0.124. The number of hydrogen-bond acceptors (Lipinski definition) is 8. The number of benzene rings is 1. The molecule has 29 heavy (non-hydrogen) atoms. The highest BCUT2D eigenvalue weighted by Gasteiger charge is 2.16. The molecule has 4 N–H and O–H groups in total. The Morgan fingerprint density at radius 3 is 2.24 bits per heavy atom. The van der Waals surface area contributed by atoms with Gasteiger partial charge in [0.25, 0.3) is 0 Å². The van der Waals surface area contributed by atoms with Crippen molar-refractivity contribution in [3.63, 3.8) is 0 Å². The second kappa shape index (κ2) is 12.1. The van der Waals surface area contributed by atoms with E-state index >= 15 is 0 Å². The molecular weight excluding hydrogens is 380 g/mol. The van der Waals surface area contributed by atoms with Crippen LogP contribution in [0.2, 0.25) is 0 Å². The Morgan fingerprint density at radius 1 is 1.28 bits per heavy atom. The number of amides is 1. The molecule has 0 saturated carbocycles. The number of rotatable bonds is 6. The average Bonchev–Trinajstić information content (AvgIpc) is 2.58. The fraction of sp³-hybridized carbons (Fsp3) is 0.421. The molecule has 10 nitrogen and oxygen atoms in total. The molecule has 160 valence electrons. The average molecular weight is 408 g/mol. The molecule has 0 aliphatic carbocycles. The van der Waals surface area contributed by atoms with E-state index in [1.54, 1.807) is 45.0 Å². The van der Waals surface area contributed by atoms with Gasteiger partial charge in [0.1, 0.15) is 11.4 Å². The molecule has 0 unspecified atom stereocenters. The summed E-state index contributed by atoms with van der Waals surface area (Å²) in [4.78, 5) is 31.9. The number of nitrogen functional groups attached to an aromatic ring is 1. The van der Waals surface area contributed by atoms with Crippen LogP contribution in [0, 0.1) is 15.5 Å². The summed E-state index contributed by atoms with van der Waals surface area (Å²) in [5.74, 6) is -0.418. The van der Waals surface area contributed by atoms with Crippen molar-refractivity contribution in [3.8, 4) is 0 Å². The Kier molecular flexibility index (Phi) is 10.7. The summed E-state index contributed by atoms with van der Waals surface area (Å²) in [6.07, 6.45) is -0.215. The van der Waals surface area contributed by atoms with Crippen molar-refractivity contribution in [2.24, 2.45) is 0 Å². The Balaban J connectivity index is 0.00000113. The number of nitrogens with two attached hydrogens (primary N) is 1. The molecule has 0 aliphatic heterocycles. The molecule has 0 aromatic heterocycles. The van der Waals surface area contributed by atoms with E-state index in [0.717, 1.165) is 0 Å². The minimum absolute atomic E-state index is 0.0185. The lowest BCUT2D eigenvalue weighted by atomic mass is 10.2. The van der Waals surface area contributed by atoms with Crippen molar-refractivity contribution >= 4 is 23.6 Å². The van der Waals surface area contributed by atoms with Crippen molar-refractivity contribution in [1.82, 2.24) is 5.32 Å². The SMILES string of the molecule is C=C(C)[N+](=O)[O-].CC(C)(C)OC(=O)CCCOC(=O)NC(=N)c1ccc(N)cc1. The normalized spacial score (nSPS) is 10.1. The summed E-state index contributed by atoms with van der Waals surface area (Å²) in [7, 11) is 0. The smallest absolute Gasteiger partial charge is 0.412 e. The first-order valence-corrected chi connectivity index (χ1v) is 8.72. The van der Waals surface area contributed by atoms with Gasteiger partial charge in [-0.25, -0.2) is 4.79 Å². The predicted molar refractivity (Wildman–Crippen MR) is 109 cm³/mol. The fourth-order valence-electron chi connectivity index (χ4n) is 1.63. The third-order valence-corrected chi connectivity index (χ3v) is 2.92. The van der Waals surface area contributed by atoms with Gasteiger partial charge >= 0.3 is 12.1 Å². The monoisotopic (exact) mass is 408 g/mol. The summed E-state index contributed by atoms with van der Waals surface area (Å²) >= 11 is 0. The lowest BCUT2D eigenvalue weighted by Crippen LogP contribution is -2.31. The van der Waals surface area contributed by atoms with Crippen molar-refractivity contribution in [3.05, 3.63) is 52.2 Å². The van der Waals surface area contributed by atoms with E-state index < -0.39 is 16.6 Å². The minimum Gasteiger partial charge on any atom is -0.460 e. The number of nitro groups is 1. The molecule has 1 aromatic carbocycles. The Hall–Kier alpha value is -3.43. The van der Waals surface area contributed by atoms with Gasteiger partial charge in [0, 0.05) is 24.6 Å². The largest absolute Gasteiger partial charge is 0.460 e. The molecule has 0 atom stereocenters. The van der Waals surface area contributed by atoms with Gasteiger partial charge in [-0.3, -0.25) is 25.6 Å². The van der Waals surface area contributed by atoms with Crippen LogP contribution in [0.3, 0.4) is 0 Å². The molecule has 1 rings (SSSR count). The molecule has 1 aromatic rings. The summed E-state index contributed by atoms with van der Waals surface area (Å²) in [6, 6.07) is 6.52. The van der Waals surface area contributed by atoms with Crippen molar-refractivity contribution in [2.45, 2.75) is 46.1 Å². The third kappa shape index (κ3) is 13.4.